The summed E-state index contributed by atoms with van der Waals surface area (Å²) in [5, 5.41) is 2.23. The molecule has 1 heterocycles. The second-order valence-electron chi connectivity index (χ2n) is 4.05. The number of carbonyl (C=O) groups is 1. The van der Waals surface area contributed by atoms with Crippen molar-refractivity contribution in [2.75, 3.05) is 13.2 Å². The van der Waals surface area contributed by atoms with Crippen molar-refractivity contribution >= 4 is 5.91 Å². The predicted octanol–water partition coefficient (Wildman–Crippen LogP) is 0.561. The molecule has 0 saturated carbocycles. The molecule has 1 saturated heterocycles. The number of hydrogen-bond donors (Lipinski definition) is 2. The molecule has 4 nitrogen and oxygen atoms in total. The molecule has 0 aliphatic carbocycles. The van der Waals surface area contributed by atoms with E-state index >= 15 is 0 Å². The summed E-state index contributed by atoms with van der Waals surface area (Å²) in [4.78, 5) is 11.3. The highest BCUT2D eigenvalue weighted by atomic mass is 19.4. The van der Waals surface area contributed by atoms with Gasteiger partial charge in [-0.2, -0.15) is 13.2 Å². The highest BCUT2D eigenvalue weighted by Gasteiger charge is 2.43. The van der Waals surface area contributed by atoms with E-state index in [9.17, 15) is 18.0 Å². The van der Waals surface area contributed by atoms with Gasteiger partial charge in [0.25, 0.3) is 0 Å². The van der Waals surface area contributed by atoms with Crippen LogP contribution >= 0.6 is 0 Å². The average Bonchev–Trinajstić information content (AvgIpc) is 2.13. The standard InChI is InChI=1S/C9H15F3N2O2/c1-6-4-8(7(13)15,2-3-16-6)14-5-9(10,11)12/h6,14H,2-5H2,1H3,(H2,13,15). The number of amides is 1. The van der Waals surface area contributed by atoms with Crippen molar-refractivity contribution in [3.05, 3.63) is 0 Å². The molecule has 1 aliphatic rings. The van der Waals surface area contributed by atoms with Crippen molar-refractivity contribution in [3.63, 3.8) is 0 Å². The van der Waals surface area contributed by atoms with Gasteiger partial charge in [-0.05, 0) is 13.3 Å². The van der Waals surface area contributed by atoms with E-state index in [1.54, 1.807) is 6.92 Å². The van der Waals surface area contributed by atoms with Crippen molar-refractivity contribution in [2.45, 2.75) is 37.6 Å². The fraction of sp³-hybridized carbons (Fsp3) is 0.889. The molecule has 0 aromatic rings. The Morgan fingerprint density at radius 1 is 1.62 bits per heavy atom. The molecule has 0 bridgehead atoms. The van der Waals surface area contributed by atoms with Crippen molar-refractivity contribution in [1.29, 1.82) is 0 Å². The summed E-state index contributed by atoms with van der Waals surface area (Å²) < 4.78 is 41.5. The average molecular weight is 240 g/mol. The summed E-state index contributed by atoms with van der Waals surface area (Å²) in [6, 6.07) is 0. The Labute approximate surface area is 91.3 Å². The first kappa shape index (κ1) is 13.2. The van der Waals surface area contributed by atoms with E-state index in [-0.39, 0.29) is 25.6 Å². The molecule has 1 aliphatic heterocycles. The Hall–Kier alpha value is -0.820. The molecule has 2 atom stereocenters. The van der Waals surface area contributed by atoms with Gasteiger partial charge >= 0.3 is 6.18 Å². The van der Waals surface area contributed by atoms with Gasteiger partial charge in [-0.3, -0.25) is 10.1 Å². The number of carbonyl (C=O) groups excluding carboxylic acids is 1. The number of nitrogens with one attached hydrogen (secondary N) is 1. The molecule has 2 unspecified atom stereocenters. The number of primary amides is 1. The van der Waals surface area contributed by atoms with Gasteiger partial charge in [0.2, 0.25) is 5.91 Å². The zero-order valence-corrected chi connectivity index (χ0v) is 8.93. The lowest BCUT2D eigenvalue weighted by Crippen LogP contribution is -2.61. The van der Waals surface area contributed by atoms with Crippen LogP contribution in [0.2, 0.25) is 0 Å². The van der Waals surface area contributed by atoms with Crippen LogP contribution in [0.25, 0.3) is 0 Å². The van der Waals surface area contributed by atoms with E-state index in [4.69, 9.17) is 10.5 Å². The lowest BCUT2D eigenvalue weighted by molar-refractivity contribution is -0.143. The first-order valence-electron chi connectivity index (χ1n) is 4.98. The summed E-state index contributed by atoms with van der Waals surface area (Å²) in [6.45, 7) is 0.712. The second kappa shape index (κ2) is 4.58. The smallest absolute Gasteiger partial charge is 0.378 e. The Morgan fingerprint density at radius 2 is 2.25 bits per heavy atom. The number of hydrogen-bond acceptors (Lipinski definition) is 3. The van der Waals surface area contributed by atoms with Gasteiger partial charge in [0.05, 0.1) is 12.6 Å². The Kier molecular flexibility index (Phi) is 3.80. The van der Waals surface area contributed by atoms with Crippen LogP contribution in [-0.2, 0) is 9.53 Å². The SMILES string of the molecule is CC1CC(NCC(F)(F)F)(C(N)=O)CCO1. The molecule has 0 aromatic heterocycles. The highest BCUT2D eigenvalue weighted by molar-refractivity contribution is 5.84. The van der Waals surface area contributed by atoms with Gasteiger partial charge in [0.15, 0.2) is 0 Å². The van der Waals surface area contributed by atoms with Crippen molar-refractivity contribution < 1.29 is 22.7 Å². The summed E-state index contributed by atoms with van der Waals surface area (Å²) in [6.07, 6.45) is -4.30. The minimum absolute atomic E-state index is 0.165. The van der Waals surface area contributed by atoms with Crippen LogP contribution in [0, 0.1) is 0 Å². The summed E-state index contributed by atoms with van der Waals surface area (Å²) in [5.41, 5.74) is 3.87. The topological polar surface area (TPSA) is 64.3 Å². The highest BCUT2D eigenvalue weighted by Crippen LogP contribution is 2.26. The van der Waals surface area contributed by atoms with Crippen LogP contribution in [0.1, 0.15) is 19.8 Å². The zero-order chi connectivity index (χ0) is 12.4. The Morgan fingerprint density at radius 3 is 2.69 bits per heavy atom. The zero-order valence-electron chi connectivity index (χ0n) is 8.93. The van der Waals surface area contributed by atoms with Gasteiger partial charge in [-0.15, -0.1) is 0 Å². The minimum atomic E-state index is -4.36. The molecule has 94 valence electrons. The number of ether oxygens (including phenoxy) is 1. The maximum Gasteiger partial charge on any atom is 0.401 e. The van der Waals surface area contributed by atoms with Crippen LogP contribution in [0.5, 0.6) is 0 Å². The largest absolute Gasteiger partial charge is 0.401 e. The maximum atomic E-state index is 12.1. The first-order valence-corrected chi connectivity index (χ1v) is 4.98. The van der Waals surface area contributed by atoms with Gasteiger partial charge in [-0.25, -0.2) is 0 Å². The summed E-state index contributed by atoms with van der Waals surface area (Å²) in [7, 11) is 0. The molecule has 0 radical (unpaired) electrons. The van der Waals surface area contributed by atoms with Crippen molar-refractivity contribution in [1.82, 2.24) is 5.32 Å². The van der Waals surface area contributed by atoms with Crippen LogP contribution < -0.4 is 11.1 Å². The predicted molar refractivity (Wildman–Crippen MR) is 50.6 cm³/mol. The summed E-state index contributed by atoms with van der Waals surface area (Å²) >= 11 is 0. The third-order valence-electron chi connectivity index (χ3n) is 2.67. The first-order chi connectivity index (χ1) is 7.25. The molecule has 0 aromatic carbocycles. The van der Waals surface area contributed by atoms with E-state index in [0.717, 1.165) is 0 Å². The quantitative estimate of drug-likeness (QED) is 0.757. The van der Waals surface area contributed by atoms with Gasteiger partial charge in [0, 0.05) is 13.0 Å². The van der Waals surface area contributed by atoms with E-state index in [2.05, 4.69) is 5.32 Å². The van der Waals surface area contributed by atoms with Crippen molar-refractivity contribution in [3.8, 4) is 0 Å². The van der Waals surface area contributed by atoms with Crippen LogP contribution in [0.15, 0.2) is 0 Å². The fourth-order valence-corrected chi connectivity index (χ4v) is 1.83. The van der Waals surface area contributed by atoms with E-state index in [1.165, 1.54) is 0 Å². The van der Waals surface area contributed by atoms with Gasteiger partial charge in [-0.1, -0.05) is 0 Å². The number of nitrogens with two attached hydrogens (primary N) is 1. The Balaban J connectivity index is 2.69. The molecule has 16 heavy (non-hydrogen) atoms. The maximum absolute atomic E-state index is 12.1. The molecule has 1 amide bonds. The number of alkyl halides is 3. The second-order valence-corrected chi connectivity index (χ2v) is 4.05. The van der Waals surface area contributed by atoms with Crippen LogP contribution in [-0.4, -0.2) is 36.9 Å². The molecular weight excluding hydrogens is 225 g/mol. The fourth-order valence-electron chi connectivity index (χ4n) is 1.83. The van der Waals surface area contributed by atoms with Gasteiger partial charge in [0.1, 0.15) is 5.54 Å². The normalized spacial score (nSPS) is 31.4. The lowest BCUT2D eigenvalue weighted by atomic mass is 9.86. The molecule has 1 rings (SSSR count). The minimum Gasteiger partial charge on any atom is -0.378 e. The van der Waals surface area contributed by atoms with Gasteiger partial charge < -0.3 is 10.5 Å². The molecule has 0 spiro atoms. The van der Waals surface area contributed by atoms with E-state index in [1.807, 2.05) is 0 Å². The third kappa shape index (κ3) is 3.34. The molecule has 1 fully saturated rings. The molecular formula is C9H15F3N2O2. The number of rotatable bonds is 3. The molecule has 7 heteroatoms. The van der Waals surface area contributed by atoms with Crippen molar-refractivity contribution in [2.24, 2.45) is 5.73 Å². The lowest BCUT2D eigenvalue weighted by Gasteiger charge is -2.38. The molecule has 3 N–H and O–H groups in total. The van der Waals surface area contributed by atoms with Crippen LogP contribution in [0.4, 0.5) is 13.2 Å². The van der Waals surface area contributed by atoms with Crippen LogP contribution in [0.3, 0.4) is 0 Å². The Bertz CT molecular complexity index is 270. The summed E-state index contributed by atoms with van der Waals surface area (Å²) in [5.74, 6) is -0.757. The monoisotopic (exact) mass is 240 g/mol. The third-order valence-corrected chi connectivity index (χ3v) is 2.67. The van der Waals surface area contributed by atoms with E-state index < -0.39 is 24.2 Å². The van der Waals surface area contributed by atoms with E-state index in [0.29, 0.717) is 0 Å². The number of halogens is 3.